The molecule has 140 valence electrons. The first-order valence-corrected chi connectivity index (χ1v) is 9.57. The van der Waals surface area contributed by atoms with Gasteiger partial charge in [0.25, 0.3) is 5.91 Å². The Balaban J connectivity index is 1.68. The summed E-state index contributed by atoms with van der Waals surface area (Å²) >= 11 is 0. The lowest BCUT2D eigenvalue weighted by Gasteiger charge is -2.28. The first-order chi connectivity index (χ1) is 14.2. The number of benzene rings is 4. The fraction of sp³-hybridized carbons (Fsp3) is 0.0385. The maximum absolute atomic E-state index is 13.1. The van der Waals surface area contributed by atoms with Gasteiger partial charge in [0, 0.05) is 27.9 Å². The molecule has 0 saturated carbocycles. The summed E-state index contributed by atoms with van der Waals surface area (Å²) < 4.78 is 0. The quantitative estimate of drug-likeness (QED) is 0.515. The van der Waals surface area contributed by atoms with Crippen molar-refractivity contribution in [2.45, 2.75) is 5.60 Å². The molecule has 0 aliphatic heterocycles. The molecule has 3 nitrogen and oxygen atoms in total. The molecule has 0 aromatic heterocycles. The number of fused-ring (bicyclic) bond motifs is 3. The van der Waals surface area contributed by atoms with E-state index in [-0.39, 0.29) is 5.91 Å². The van der Waals surface area contributed by atoms with Crippen LogP contribution in [0.25, 0.3) is 11.1 Å². The van der Waals surface area contributed by atoms with E-state index in [0.717, 1.165) is 22.3 Å². The van der Waals surface area contributed by atoms with Crippen LogP contribution in [0.4, 0.5) is 5.69 Å². The van der Waals surface area contributed by atoms with Gasteiger partial charge < -0.3 is 10.4 Å². The fourth-order valence-electron chi connectivity index (χ4n) is 4.22. The monoisotopic (exact) mass is 377 g/mol. The molecule has 2 N–H and O–H groups in total. The molecule has 0 radical (unpaired) electrons. The zero-order chi connectivity index (χ0) is 19.8. The summed E-state index contributed by atoms with van der Waals surface area (Å²) in [5.41, 5.74) is 3.91. The molecule has 0 fully saturated rings. The van der Waals surface area contributed by atoms with E-state index in [9.17, 15) is 9.90 Å². The fourth-order valence-corrected chi connectivity index (χ4v) is 4.22. The van der Waals surface area contributed by atoms with Gasteiger partial charge in [-0.1, -0.05) is 84.9 Å². The van der Waals surface area contributed by atoms with Crippen molar-refractivity contribution in [1.29, 1.82) is 0 Å². The van der Waals surface area contributed by atoms with Gasteiger partial charge in [-0.3, -0.25) is 4.79 Å². The zero-order valence-corrected chi connectivity index (χ0v) is 15.7. The third kappa shape index (κ3) is 2.67. The van der Waals surface area contributed by atoms with E-state index in [1.54, 1.807) is 6.07 Å². The highest BCUT2D eigenvalue weighted by Gasteiger charge is 2.44. The van der Waals surface area contributed by atoms with Crippen LogP contribution >= 0.6 is 0 Å². The molecule has 0 atom stereocenters. The predicted molar refractivity (Wildman–Crippen MR) is 115 cm³/mol. The number of rotatable bonds is 3. The highest BCUT2D eigenvalue weighted by molar-refractivity contribution is 6.06. The lowest BCUT2D eigenvalue weighted by atomic mass is 9.81. The number of anilines is 1. The molecule has 5 rings (SSSR count). The number of nitrogens with one attached hydrogen (secondary N) is 1. The zero-order valence-electron chi connectivity index (χ0n) is 15.7. The Hall–Kier alpha value is -3.69. The number of hydrogen-bond donors (Lipinski definition) is 2. The lowest BCUT2D eigenvalue weighted by Crippen LogP contribution is -2.30. The summed E-state index contributed by atoms with van der Waals surface area (Å²) in [5.74, 6) is -0.248. The average molecular weight is 377 g/mol. The van der Waals surface area contributed by atoms with Gasteiger partial charge in [0.15, 0.2) is 0 Å². The Bertz CT molecular complexity index is 1170. The van der Waals surface area contributed by atoms with Crippen LogP contribution in [-0.4, -0.2) is 11.0 Å². The van der Waals surface area contributed by atoms with Crippen LogP contribution in [0.1, 0.15) is 27.0 Å². The second-order valence-corrected chi connectivity index (χ2v) is 7.17. The molecule has 0 bridgehead atoms. The van der Waals surface area contributed by atoms with Gasteiger partial charge in [-0.15, -0.1) is 0 Å². The van der Waals surface area contributed by atoms with Crippen molar-refractivity contribution in [3.63, 3.8) is 0 Å². The standard InChI is InChI=1S/C26H19NO2/c28-25(27-18-10-2-1-3-11-18)21-14-6-9-17-24(21)26(29)22-15-7-4-12-19(22)20-13-5-8-16-23(20)26/h1-17,29H,(H,27,28). The number of hydrogen-bond acceptors (Lipinski definition) is 2. The third-order valence-corrected chi connectivity index (χ3v) is 5.52. The molecule has 1 amide bonds. The number of carbonyl (C=O) groups is 1. The number of amides is 1. The maximum atomic E-state index is 13.1. The Labute approximate surface area is 169 Å². The lowest BCUT2D eigenvalue weighted by molar-refractivity contribution is 0.1000. The average Bonchev–Trinajstić information content (AvgIpc) is 3.05. The second kappa shape index (κ2) is 6.73. The van der Waals surface area contributed by atoms with E-state index >= 15 is 0 Å². The van der Waals surface area contributed by atoms with E-state index in [1.165, 1.54) is 0 Å². The summed E-state index contributed by atoms with van der Waals surface area (Å²) in [6.07, 6.45) is 0. The third-order valence-electron chi connectivity index (χ3n) is 5.52. The topological polar surface area (TPSA) is 49.3 Å². The molecule has 0 spiro atoms. The minimum atomic E-state index is -1.39. The van der Waals surface area contributed by atoms with Crippen LogP contribution in [0.3, 0.4) is 0 Å². The van der Waals surface area contributed by atoms with Crippen molar-refractivity contribution in [1.82, 2.24) is 0 Å². The first kappa shape index (κ1) is 17.4. The molecular weight excluding hydrogens is 358 g/mol. The molecule has 1 aliphatic rings. The minimum Gasteiger partial charge on any atom is -0.376 e. The Kier molecular flexibility index (Phi) is 4.04. The Morgan fingerprint density at radius 2 is 1.10 bits per heavy atom. The highest BCUT2D eigenvalue weighted by Crippen LogP contribution is 2.51. The smallest absolute Gasteiger partial charge is 0.256 e. The van der Waals surface area contributed by atoms with Gasteiger partial charge >= 0.3 is 0 Å². The molecule has 3 heteroatoms. The van der Waals surface area contributed by atoms with E-state index in [4.69, 9.17) is 0 Å². The Morgan fingerprint density at radius 1 is 0.621 bits per heavy atom. The molecule has 0 unspecified atom stereocenters. The van der Waals surface area contributed by atoms with Gasteiger partial charge in [0.1, 0.15) is 5.60 Å². The summed E-state index contributed by atoms with van der Waals surface area (Å²) in [6.45, 7) is 0. The van der Waals surface area contributed by atoms with Crippen molar-refractivity contribution >= 4 is 11.6 Å². The first-order valence-electron chi connectivity index (χ1n) is 9.57. The largest absolute Gasteiger partial charge is 0.376 e. The van der Waals surface area contributed by atoms with Crippen LogP contribution in [0, 0.1) is 0 Å². The highest BCUT2D eigenvalue weighted by atomic mass is 16.3. The molecule has 4 aromatic carbocycles. The van der Waals surface area contributed by atoms with E-state index in [0.29, 0.717) is 16.8 Å². The van der Waals surface area contributed by atoms with Gasteiger partial charge in [-0.2, -0.15) is 0 Å². The van der Waals surface area contributed by atoms with E-state index in [1.807, 2.05) is 97.1 Å². The normalized spacial score (nSPS) is 13.4. The van der Waals surface area contributed by atoms with Crippen LogP contribution in [0.5, 0.6) is 0 Å². The Morgan fingerprint density at radius 3 is 1.72 bits per heavy atom. The molecule has 0 saturated heterocycles. The number of para-hydroxylation sites is 1. The van der Waals surface area contributed by atoms with Crippen molar-refractivity contribution in [3.8, 4) is 11.1 Å². The van der Waals surface area contributed by atoms with Crippen molar-refractivity contribution in [2.24, 2.45) is 0 Å². The van der Waals surface area contributed by atoms with Crippen LogP contribution in [0.15, 0.2) is 103 Å². The molecule has 1 aliphatic carbocycles. The van der Waals surface area contributed by atoms with Gasteiger partial charge in [0.05, 0.1) is 0 Å². The molecular formula is C26H19NO2. The SMILES string of the molecule is O=C(Nc1ccccc1)c1ccccc1C1(O)c2ccccc2-c2ccccc21. The van der Waals surface area contributed by atoms with Gasteiger partial charge in [-0.05, 0) is 29.3 Å². The van der Waals surface area contributed by atoms with E-state index in [2.05, 4.69) is 5.32 Å². The minimum absolute atomic E-state index is 0.248. The van der Waals surface area contributed by atoms with Crippen molar-refractivity contribution in [2.75, 3.05) is 5.32 Å². The number of aliphatic hydroxyl groups is 1. The molecule has 0 heterocycles. The van der Waals surface area contributed by atoms with Crippen LogP contribution < -0.4 is 5.32 Å². The molecule has 29 heavy (non-hydrogen) atoms. The number of carbonyl (C=O) groups excluding carboxylic acids is 1. The predicted octanol–water partition coefficient (Wildman–Crippen LogP) is 5.20. The van der Waals surface area contributed by atoms with Gasteiger partial charge in [0.2, 0.25) is 0 Å². The summed E-state index contributed by atoms with van der Waals surface area (Å²) in [7, 11) is 0. The molecule has 4 aromatic rings. The summed E-state index contributed by atoms with van der Waals surface area (Å²) in [4.78, 5) is 13.1. The van der Waals surface area contributed by atoms with Crippen molar-refractivity contribution in [3.05, 3.63) is 125 Å². The van der Waals surface area contributed by atoms with Crippen LogP contribution in [-0.2, 0) is 5.60 Å². The summed E-state index contributed by atoms with van der Waals surface area (Å²) in [6, 6.07) is 32.3. The van der Waals surface area contributed by atoms with Crippen LogP contribution in [0.2, 0.25) is 0 Å². The van der Waals surface area contributed by atoms with Gasteiger partial charge in [-0.25, -0.2) is 0 Å². The summed E-state index contributed by atoms with van der Waals surface area (Å²) in [5, 5.41) is 15.0. The van der Waals surface area contributed by atoms with E-state index < -0.39 is 5.60 Å². The maximum Gasteiger partial charge on any atom is 0.256 e. The van der Waals surface area contributed by atoms with Crippen molar-refractivity contribution < 1.29 is 9.90 Å². The second-order valence-electron chi connectivity index (χ2n) is 7.17.